The zero-order valence-electron chi connectivity index (χ0n) is 8.19. The van der Waals surface area contributed by atoms with Gasteiger partial charge in [-0.15, -0.1) is 0 Å². The Balaban J connectivity index is 3.23. The van der Waals surface area contributed by atoms with Crippen molar-refractivity contribution < 1.29 is 18.3 Å². The van der Waals surface area contributed by atoms with Gasteiger partial charge in [-0.1, -0.05) is 28.1 Å². The molecule has 0 radical (unpaired) electrons. The highest BCUT2D eigenvalue weighted by Gasteiger charge is 2.40. The summed E-state index contributed by atoms with van der Waals surface area (Å²) in [6, 6.07) is 2.84. The van der Waals surface area contributed by atoms with Crippen LogP contribution in [0.25, 0.3) is 0 Å². The topological polar surface area (TPSA) is 20.2 Å². The van der Waals surface area contributed by atoms with Crippen LogP contribution in [-0.2, 0) is 0 Å². The first-order chi connectivity index (χ1) is 6.75. The molecule has 0 amide bonds. The molecule has 5 heteroatoms. The molecular weight excluding hydrogens is 273 g/mol. The molecule has 15 heavy (non-hydrogen) atoms. The molecular formula is C10H10BrF3O. The third kappa shape index (κ3) is 2.52. The van der Waals surface area contributed by atoms with Gasteiger partial charge in [-0.05, 0) is 30.5 Å². The molecule has 0 saturated heterocycles. The van der Waals surface area contributed by atoms with Crippen LogP contribution >= 0.6 is 15.9 Å². The number of hydrogen-bond donors (Lipinski definition) is 1. The highest BCUT2D eigenvalue weighted by molar-refractivity contribution is 9.10. The van der Waals surface area contributed by atoms with Gasteiger partial charge in [0.25, 0.3) is 0 Å². The van der Waals surface area contributed by atoms with Gasteiger partial charge in [0.05, 0.1) is 0 Å². The van der Waals surface area contributed by atoms with Crippen molar-refractivity contribution in [1.29, 1.82) is 0 Å². The maximum atomic E-state index is 12.3. The summed E-state index contributed by atoms with van der Waals surface area (Å²) in [5.74, 6) is 0. The van der Waals surface area contributed by atoms with Crippen molar-refractivity contribution in [3.05, 3.63) is 33.3 Å². The van der Waals surface area contributed by atoms with E-state index >= 15 is 0 Å². The zero-order valence-corrected chi connectivity index (χ0v) is 9.78. The Labute approximate surface area is 94.0 Å². The number of hydrogen-bond acceptors (Lipinski definition) is 1. The van der Waals surface area contributed by atoms with Gasteiger partial charge in [0.2, 0.25) is 0 Å². The maximum absolute atomic E-state index is 12.3. The maximum Gasteiger partial charge on any atom is 0.418 e. The first-order valence-corrected chi connectivity index (χ1v) is 5.05. The van der Waals surface area contributed by atoms with Crippen LogP contribution in [0.5, 0.6) is 0 Å². The summed E-state index contributed by atoms with van der Waals surface area (Å²) in [7, 11) is 0. The predicted molar refractivity (Wildman–Crippen MR) is 54.6 cm³/mol. The van der Waals surface area contributed by atoms with E-state index in [-0.39, 0.29) is 5.56 Å². The van der Waals surface area contributed by atoms with Crippen molar-refractivity contribution in [3.8, 4) is 0 Å². The Morgan fingerprint density at radius 3 is 2.27 bits per heavy atom. The molecule has 1 rings (SSSR count). The fourth-order valence-electron chi connectivity index (χ4n) is 1.31. The molecule has 0 aliphatic rings. The Bertz CT molecular complexity index is 374. The van der Waals surface area contributed by atoms with Crippen molar-refractivity contribution in [3.63, 3.8) is 0 Å². The van der Waals surface area contributed by atoms with Crippen LogP contribution < -0.4 is 0 Å². The lowest BCUT2D eigenvalue weighted by Gasteiger charge is -2.18. The molecule has 1 nitrogen and oxygen atoms in total. The summed E-state index contributed by atoms with van der Waals surface area (Å²) in [4.78, 5) is 0. The molecule has 0 heterocycles. The predicted octanol–water partition coefficient (Wildman–Crippen LogP) is 3.66. The van der Waals surface area contributed by atoms with Crippen molar-refractivity contribution >= 4 is 15.9 Å². The van der Waals surface area contributed by atoms with Crippen LogP contribution in [0.4, 0.5) is 13.2 Å². The Morgan fingerprint density at radius 1 is 1.27 bits per heavy atom. The zero-order chi connectivity index (χ0) is 11.8. The molecule has 0 aromatic heterocycles. The summed E-state index contributed by atoms with van der Waals surface area (Å²) >= 11 is 3.19. The molecule has 1 N–H and O–H groups in total. The molecule has 0 saturated carbocycles. The summed E-state index contributed by atoms with van der Waals surface area (Å²) < 4.78 is 37.4. The monoisotopic (exact) mass is 282 g/mol. The van der Waals surface area contributed by atoms with Gasteiger partial charge >= 0.3 is 6.18 Å². The lowest BCUT2D eigenvalue weighted by molar-refractivity contribution is -0.207. The number of aryl methyl sites for hydroxylation is 1. The van der Waals surface area contributed by atoms with Crippen molar-refractivity contribution in [2.24, 2.45) is 0 Å². The number of aliphatic hydroxyl groups excluding tert-OH is 1. The highest BCUT2D eigenvalue weighted by atomic mass is 79.9. The lowest BCUT2D eigenvalue weighted by atomic mass is 10.0. The second-order valence-electron chi connectivity index (χ2n) is 3.35. The van der Waals surface area contributed by atoms with Crippen LogP contribution in [0.3, 0.4) is 0 Å². The van der Waals surface area contributed by atoms with Crippen LogP contribution in [-0.4, -0.2) is 11.3 Å². The summed E-state index contributed by atoms with van der Waals surface area (Å²) in [6.07, 6.45) is -7.05. The van der Waals surface area contributed by atoms with Gasteiger partial charge in [-0.3, -0.25) is 0 Å². The third-order valence-corrected chi connectivity index (χ3v) is 3.45. The van der Waals surface area contributed by atoms with Crippen LogP contribution in [0.1, 0.15) is 22.8 Å². The SMILES string of the molecule is Cc1ccc([C@H](O)C(F)(F)F)c(C)c1Br. The molecule has 0 aliphatic heterocycles. The number of rotatable bonds is 1. The lowest BCUT2D eigenvalue weighted by Crippen LogP contribution is -2.21. The average molecular weight is 283 g/mol. The van der Waals surface area contributed by atoms with Gasteiger partial charge in [-0.25, -0.2) is 0 Å². The van der Waals surface area contributed by atoms with E-state index in [1.165, 1.54) is 6.07 Å². The molecule has 1 aromatic carbocycles. The van der Waals surface area contributed by atoms with Gasteiger partial charge in [-0.2, -0.15) is 13.2 Å². The van der Waals surface area contributed by atoms with Crippen LogP contribution in [0.2, 0.25) is 0 Å². The highest BCUT2D eigenvalue weighted by Crippen LogP contribution is 2.36. The number of halogens is 4. The van der Waals surface area contributed by atoms with E-state index in [0.717, 1.165) is 5.56 Å². The van der Waals surface area contributed by atoms with E-state index in [1.54, 1.807) is 19.9 Å². The summed E-state index contributed by atoms with van der Waals surface area (Å²) in [6.45, 7) is 3.32. The third-order valence-electron chi connectivity index (χ3n) is 2.23. The van der Waals surface area contributed by atoms with Crippen molar-refractivity contribution in [2.75, 3.05) is 0 Å². The Hall–Kier alpha value is -0.550. The minimum absolute atomic E-state index is 0.111. The standard InChI is InChI=1S/C10H10BrF3O/c1-5-3-4-7(6(2)8(5)11)9(15)10(12,13)14/h3-4,9,15H,1-2H3/t9-/m0/s1. The second-order valence-corrected chi connectivity index (χ2v) is 4.15. The minimum atomic E-state index is -4.63. The smallest absolute Gasteiger partial charge is 0.379 e. The van der Waals surface area contributed by atoms with E-state index in [1.807, 2.05) is 0 Å². The Kier molecular flexibility index (Phi) is 3.45. The second kappa shape index (κ2) is 4.14. The van der Waals surface area contributed by atoms with Crippen molar-refractivity contribution in [2.45, 2.75) is 26.1 Å². The van der Waals surface area contributed by atoms with Crippen LogP contribution in [0, 0.1) is 13.8 Å². The van der Waals surface area contributed by atoms with E-state index in [4.69, 9.17) is 5.11 Å². The van der Waals surface area contributed by atoms with E-state index in [9.17, 15) is 13.2 Å². The fraction of sp³-hybridized carbons (Fsp3) is 0.400. The van der Waals surface area contributed by atoms with E-state index in [2.05, 4.69) is 15.9 Å². The number of aliphatic hydroxyl groups is 1. The quantitative estimate of drug-likeness (QED) is 0.834. The molecule has 0 fully saturated rings. The molecule has 1 atom stereocenters. The normalized spacial score (nSPS) is 14.1. The van der Waals surface area contributed by atoms with Crippen LogP contribution in [0.15, 0.2) is 16.6 Å². The molecule has 0 bridgehead atoms. The average Bonchev–Trinajstić information content (AvgIpc) is 2.12. The molecule has 1 aromatic rings. The molecule has 84 valence electrons. The van der Waals surface area contributed by atoms with Gasteiger partial charge in [0.1, 0.15) is 0 Å². The molecule has 0 unspecified atom stereocenters. The van der Waals surface area contributed by atoms with Gasteiger partial charge < -0.3 is 5.11 Å². The molecule has 0 aliphatic carbocycles. The van der Waals surface area contributed by atoms with E-state index in [0.29, 0.717) is 10.0 Å². The number of alkyl halides is 3. The number of benzene rings is 1. The van der Waals surface area contributed by atoms with Gasteiger partial charge in [0, 0.05) is 4.47 Å². The van der Waals surface area contributed by atoms with E-state index < -0.39 is 12.3 Å². The summed E-state index contributed by atoms with van der Waals surface area (Å²) in [5, 5.41) is 9.11. The minimum Gasteiger partial charge on any atom is -0.379 e. The first kappa shape index (κ1) is 12.5. The van der Waals surface area contributed by atoms with Crippen molar-refractivity contribution in [1.82, 2.24) is 0 Å². The fourth-order valence-corrected chi connectivity index (χ4v) is 1.67. The first-order valence-electron chi connectivity index (χ1n) is 4.25. The molecule has 0 spiro atoms. The Morgan fingerprint density at radius 2 is 1.80 bits per heavy atom. The summed E-state index contributed by atoms with van der Waals surface area (Å²) in [5.41, 5.74) is 1.14. The van der Waals surface area contributed by atoms with Gasteiger partial charge in [0.15, 0.2) is 6.10 Å². The largest absolute Gasteiger partial charge is 0.418 e.